The highest BCUT2D eigenvalue weighted by Crippen LogP contribution is 2.38. The van der Waals surface area contributed by atoms with E-state index in [0.717, 1.165) is 0 Å². The molecule has 0 saturated carbocycles. The van der Waals surface area contributed by atoms with E-state index in [1.165, 1.54) is 16.8 Å². The Morgan fingerprint density at radius 2 is 2.17 bits per heavy atom. The van der Waals surface area contributed by atoms with E-state index in [4.69, 9.17) is 0 Å². The Labute approximate surface area is 165 Å². The van der Waals surface area contributed by atoms with Crippen LogP contribution in [0, 0.1) is 11.3 Å². The van der Waals surface area contributed by atoms with E-state index >= 15 is 4.39 Å². The maximum Gasteiger partial charge on any atom is 0.354 e. The average Bonchev–Trinajstić information content (AvgIpc) is 3.09. The standard InChI is InChI=1S/C21H16FN5O2/c1-11-8-15(18(22)12(2)24-11)17-19(14-5-3-4-13(9-14)10-23)26-27-7-6-16(21(28)29)25-20(17)27/h3-9,11,24H,1-2H3,(H,28,29). The number of carboxylic acid groups (broad SMARTS) is 1. The fourth-order valence-electron chi connectivity index (χ4n) is 3.40. The van der Waals surface area contributed by atoms with Crippen LogP contribution >= 0.6 is 0 Å². The van der Waals surface area contributed by atoms with E-state index in [-0.39, 0.29) is 23.0 Å². The number of hydrogen-bond acceptors (Lipinski definition) is 5. The van der Waals surface area contributed by atoms with E-state index in [1.807, 2.05) is 6.92 Å². The van der Waals surface area contributed by atoms with Crippen molar-refractivity contribution in [3.63, 3.8) is 0 Å². The highest BCUT2D eigenvalue weighted by Gasteiger charge is 2.27. The molecule has 8 heteroatoms. The minimum absolute atomic E-state index is 0.139. The van der Waals surface area contributed by atoms with Crippen LogP contribution in [-0.4, -0.2) is 31.7 Å². The smallest absolute Gasteiger partial charge is 0.354 e. The number of allylic oxidation sites excluding steroid dienone is 3. The number of nitrogens with zero attached hydrogens (tertiary/aromatic N) is 4. The first-order chi connectivity index (χ1) is 13.9. The molecule has 4 rings (SSSR count). The Balaban J connectivity index is 2.07. The van der Waals surface area contributed by atoms with Crippen LogP contribution in [0.25, 0.3) is 22.5 Å². The molecule has 0 amide bonds. The van der Waals surface area contributed by atoms with Crippen LogP contribution in [0.5, 0.6) is 0 Å². The van der Waals surface area contributed by atoms with Gasteiger partial charge in [0.2, 0.25) is 0 Å². The first-order valence-corrected chi connectivity index (χ1v) is 8.87. The highest BCUT2D eigenvalue weighted by molar-refractivity contribution is 5.94. The number of hydrogen-bond donors (Lipinski definition) is 2. The number of aromatic nitrogens is 3. The van der Waals surface area contributed by atoms with Crippen LogP contribution in [0.1, 0.15) is 35.5 Å². The van der Waals surface area contributed by atoms with Gasteiger partial charge in [0.05, 0.1) is 17.2 Å². The maximum absolute atomic E-state index is 15.1. The predicted molar refractivity (Wildman–Crippen MR) is 104 cm³/mol. The number of aromatic carboxylic acids is 1. The number of nitrogens with one attached hydrogen (secondary N) is 1. The zero-order valence-corrected chi connectivity index (χ0v) is 15.6. The molecule has 2 N–H and O–H groups in total. The van der Waals surface area contributed by atoms with Gasteiger partial charge in [-0.15, -0.1) is 0 Å². The molecule has 0 fully saturated rings. The van der Waals surface area contributed by atoms with Crippen molar-refractivity contribution in [1.82, 2.24) is 19.9 Å². The average molecular weight is 389 g/mol. The van der Waals surface area contributed by atoms with Crippen LogP contribution in [0.4, 0.5) is 4.39 Å². The van der Waals surface area contributed by atoms with Crippen molar-refractivity contribution in [2.75, 3.05) is 0 Å². The SMILES string of the molecule is CC1=C(F)C(c2c(-c3cccc(C#N)c3)nn3ccc(C(=O)O)nc23)=CC(C)N1. The van der Waals surface area contributed by atoms with Gasteiger partial charge in [-0.25, -0.2) is 18.7 Å². The Morgan fingerprint density at radius 3 is 2.90 bits per heavy atom. The first-order valence-electron chi connectivity index (χ1n) is 8.87. The lowest BCUT2D eigenvalue weighted by molar-refractivity contribution is 0.0690. The zero-order chi connectivity index (χ0) is 20.7. The number of dihydropyridines is 1. The third kappa shape index (κ3) is 3.12. The third-order valence-corrected chi connectivity index (χ3v) is 4.67. The Bertz CT molecular complexity index is 1270. The number of benzene rings is 1. The van der Waals surface area contributed by atoms with Gasteiger partial charge in [-0.3, -0.25) is 0 Å². The highest BCUT2D eigenvalue weighted by atomic mass is 19.1. The largest absolute Gasteiger partial charge is 0.477 e. The quantitative estimate of drug-likeness (QED) is 0.710. The Morgan fingerprint density at radius 1 is 1.38 bits per heavy atom. The minimum Gasteiger partial charge on any atom is -0.477 e. The van der Waals surface area contributed by atoms with Crippen molar-refractivity contribution in [1.29, 1.82) is 5.26 Å². The van der Waals surface area contributed by atoms with E-state index in [0.29, 0.717) is 28.1 Å². The minimum atomic E-state index is -1.19. The lowest BCUT2D eigenvalue weighted by atomic mass is 9.95. The second-order valence-corrected chi connectivity index (χ2v) is 6.75. The van der Waals surface area contributed by atoms with Gasteiger partial charge in [0.15, 0.2) is 11.3 Å². The van der Waals surface area contributed by atoms with Gasteiger partial charge < -0.3 is 10.4 Å². The van der Waals surface area contributed by atoms with Crippen molar-refractivity contribution >= 4 is 17.2 Å². The number of carboxylic acids is 1. The molecule has 1 aliphatic rings. The summed E-state index contributed by atoms with van der Waals surface area (Å²) in [5.41, 5.74) is 2.57. The molecular weight excluding hydrogens is 373 g/mol. The summed E-state index contributed by atoms with van der Waals surface area (Å²) in [5.74, 6) is -1.65. The normalized spacial score (nSPS) is 16.3. The molecule has 0 bridgehead atoms. The van der Waals surface area contributed by atoms with Gasteiger partial charge in [-0.2, -0.15) is 10.4 Å². The lowest BCUT2D eigenvalue weighted by Gasteiger charge is -2.21. The van der Waals surface area contributed by atoms with Gasteiger partial charge >= 0.3 is 5.97 Å². The molecule has 1 aromatic carbocycles. The summed E-state index contributed by atoms with van der Waals surface area (Å²) in [6.07, 6.45) is 3.19. The molecule has 144 valence electrons. The molecular formula is C21H16FN5O2. The molecule has 3 heterocycles. The van der Waals surface area contributed by atoms with Crippen molar-refractivity contribution in [2.24, 2.45) is 0 Å². The molecule has 7 nitrogen and oxygen atoms in total. The molecule has 2 aromatic heterocycles. The van der Waals surface area contributed by atoms with E-state index in [2.05, 4.69) is 21.5 Å². The van der Waals surface area contributed by atoms with Crippen molar-refractivity contribution in [3.05, 3.63) is 70.9 Å². The summed E-state index contributed by atoms with van der Waals surface area (Å²) in [7, 11) is 0. The van der Waals surface area contributed by atoms with Gasteiger partial charge in [-0.05, 0) is 32.0 Å². The van der Waals surface area contributed by atoms with Crippen molar-refractivity contribution in [3.8, 4) is 17.3 Å². The molecule has 0 saturated heterocycles. The molecule has 1 unspecified atom stereocenters. The van der Waals surface area contributed by atoms with Gasteiger partial charge in [0, 0.05) is 29.1 Å². The second kappa shape index (κ2) is 6.87. The monoisotopic (exact) mass is 389 g/mol. The van der Waals surface area contributed by atoms with Gasteiger partial charge in [0.1, 0.15) is 11.5 Å². The summed E-state index contributed by atoms with van der Waals surface area (Å²) in [6.45, 7) is 3.52. The molecule has 0 spiro atoms. The van der Waals surface area contributed by atoms with Gasteiger partial charge in [-0.1, -0.05) is 18.2 Å². The molecule has 1 aliphatic heterocycles. The van der Waals surface area contributed by atoms with Gasteiger partial charge in [0.25, 0.3) is 0 Å². The van der Waals surface area contributed by atoms with Crippen molar-refractivity contribution in [2.45, 2.75) is 19.9 Å². The van der Waals surface area contributed by atoms with Crippen LogP contribution in [0.15, 0.2) is 54.1 Å². The third-order valence-electron chi connectivity index (χ3n) is 4.67. The van der Waals surface area contributed by atoms with Crippen LogP contribution < -0.4 is 5.32 Å². The van der Waals surface area contributed by atoms with E-state index < -0.39 is 11.8 Å². The van der Waals surface area contributed by atoms with Crippen molar-refractivity contribution < 1.29 is 14.3 Å². The second-order valence-electron chi connectivity index (χ2n) is 6.75. The Hall–Kier alpha value is -3.99. The topological polar surface area (TPSA) is 103 Å². The zero-order valence-electron chi connectivity index (χ0n) is 15.6. The molecule has 0 aliphatic carbocycles. The van der Waals surface area contributed by atoms with Crippen LogP contribution in [0.2, 0.25) is 0 Å². The number of nitriles is 1. The molecule has 0 radical (unpaired) electrons. The van der Waals surface area contributed by atoms with Crippen LogP contribution in [-0.2, 0) is 0 Å². The van der Waals surface area contributed by atoms with E-state index in [9.17, 15) is 15.2 Å². The Kier molecular flexibility index (Phi) is 4.35. The summed E-state index contributed by atoms with van der Waals surface area (Å²) < 4.78 is 16.5. The number of carbonyl (C=O) groups is 1. The molecule has 29 heavy (non-hydrogen) atoms. The lowest BCUT2D eigenvalue weighted by Crippen LogP contribution is -2.26. The fraction of sp³-hybridized carbons (Fsp3) is 0.143. The number of fused-ring (bicyclic) bond motifs is 1. The predicted octanol–water partition coefficient (Wildman–Crippen LogP) is 3.54. The van der Waals surface area contributed by atoms with E-state index in [1.54, 1.807) is 37.3 Å². The summed E-state index contributed by atoms with van der Waals surface area (Å²) in [6, 6.07) is 10.1. The molecule has 3 aromatic rings. The molecule has 1 atom stereocenters. The fourth-order valence-corrected chi connectivity index (χ4v) is 3.40. The summed E-state index contributed by atoms with van der Waals surface area (Å²) in [4.78, 5) is 15.6. The number of halogens is 1. The number of rotatable bonds is 3. The maximum atomic E-state index is 15.1. The summed E-state index contributed by atoms with van der Waals surface area (Å²) in [5, 5.41) is 26.1. The van der Waals surface area contributed by atoms with Crippen LogP contribution in [0.3, 0.4) is 0 Å². The first kappa shape index (κ1) is 18.4. The summed E-state index contributed by atoms with van der Waals surface area (Å²) >= 11 is 0.